The fourth-order valence-corrected chi connectivity index (χ4v) is 3.57. The molecule has 0 fully saturated rings. The minimum absolute atomic E-state index is 0.217. The lowest BCUT2D eigenvalue weighted by molar-refractivity contribution is 0.599. The van der Waals surface area contributed by atoms with Crippen LogP contribution in [0.2, 0.25) is 0 Å². The molecule has 1 aromatic carbocycles. The van der Waals surface area contributed by atoms with Crippen molar-refractivity contribution in [3.05, 3.63) is 23.8 Å². The predicted molar refractivity (Wildman–Crippen MR) is 70.6 cm³/mol. The monoisotopic (exact) mass is 259 g/mol. The van der Waals surface area contributed by atoms with Crippen LogP contribution in [0.5, 0.6) is 0 Å². The minimum atomic E-state index is -2.86. The Morgan fingerprint density at radius 3 is 2.62 bits per heavy atom. The van der Waals surface area contributed by atoms with Crippen molar-refractivity contribution in [2.24, 2.45) is 0 Å². The van der Waals surface area contributed by atoms with Crippen LogP contribution in [-0.4, -0.2) is 25.7 Å². The van der Waals surface area contributed by atoms with Gasteiger partial charge in [-0.05, 0) is 30.7 Å². The van der Waals surface area contributed by atoms with E-state index >= 15 is 0 Å². The van der Waals surface area contributed by atoms with E-state index in [2.05, 4.69) is 0 Å². The highest BCUT2D eigenvalue weighted by atomic mass is 32.2. The lowest BCUT2D eigenvalue weighted by Crippen LogP contribution is -2.10. The van der Waals surface area contributed by atoms with E-state index in [1.165, 1.54) is 0 Å². The third-order valence-corrected chi connectivity index (χ3v) is 5.43. The maximum atomic E-state index is 11.3. The molecule has 0 aliphatic rings. The topological polar surface area (TPSA) is 60.2 Å². The first kappa shape index (κ1) is 13.4. The molecule has 90 valence electrons. The molecular weight excluding hydrogens is 242 g/mol. The maximum Gasteiger partial charge on any atom is 0.150 e. The fraction of sp³-hybridized carbons (Fsp3) is 0.455. The van der Waals surface area contributed by atoms with Crippen molar-refractivity contribution in [3.63, 3.8) is 0 Å². The van der Waals surface area contributed by atoms with Gasteiger partial charge < -0.3 is 5.73 Å². The van der Waals surface area contributed by atoms with Gasteiger partial charge in [0.25, 0.3) is 0 Å². The van der Waals surface area contributed by atoms with E-state index in [-0.39, 0.29) is 11.5 Å². The van der Waals surface area contributed by atoms with Gasteiger partial charge in [-0.3, -0.25) is 0 Å². The molecule has 1 aromatic rings. The molecule has 1 rings (SSSR count). The van der Waals surface area contributed by atoms with Crippen molar-refractivity contribution >= 4 is 27.3 Å². The molecule has 0 aliphatic heterocycles. The molecule has 0 atom stereocenters. The number of hydrogen-bond donors (Lipinski definition) is 1. The first-order valence-corrected chi connectivity index (χ1v) is 7.94. The average Bonchev–Trinajstić information content (AvgIpc) is 2.21. The largest absolute Gasteiger partial charge is 0.399 e. The van der Waals surface area contributed by atoms with Crippen molar-refractivity contribution < 1.29 is 8.42 Å². The summed E-state index contributed by atoms with van der Waals surface area (Å²) in [4.78, 5) is 1.10. The van der Waals surface area contributed by atoms with Gasteiger partial charge in [0.1, 0.15) is 0 Å². The van der Waals surface area contributed by atoms with E-state index in [4.69, 9.17) is 5.73 Å². The van der Waals surface area contributed by atoms with Crippen LogP contribution in [0.4, 0.5) is 5.69 Å². The van der Waals surface area contributed by atoms with Crippen molar-refractivity contribution in [2.75, 3.05) is 23.0 Å². The second kappa shape index (κ2) is 5.59. The number of nitrogen functional groups attached to an aromatic ring is 1. The summed E-state index contributed by atoms with van der Waals surface area (Å²) >= 11 is 1.56. The second-order valence-electron chi connectivity index (χ2n) is 3.61. The molecule has 0 radical (unpaired) electrons. The number of anilines is 1. The first-order valence-electron chi connectivity index (χ1n) is 5.14. The van der Waals surface area contributed by atoms with Crippen LogP contribution in [-0.2, 0) is 9.84 Å². The van der Waals surface area contributed by atoms with Gasteiger partial charge in [-0.15, -0.1) is 11.8 Å². The molecule has 5 heteroatoms. The predicted octanol–water partition coefficient (Wildman–Crippen LogP) is 2.10. The summed E-state index contributed by atoms with van der Waals surface area (Å²) in [5.41, 5.74) is 7.48. The molecule has 16 heavy (non-hydrogen) atoms. The number of sulfone groups is 1. The van der Waals surface area contributed by atoms with Gasteiger partial charge in [-0.1, -0.05) is 6.92 Å². The molecule has 0 aliphatic carbocycles. The summed E-state index contributed by atoms with van der Waals surface area (Å²) in [6.45, 7) is 3.65. The Balaban J connectivity index is 2.56. The molecule has 3 nitrogen and oxygen atoms in total. The summed E-state index contributed by atoms with van der Waals surface area (Å²) in [5.74, 6) is 1.05. The molecule has 2 N–H and O–H groups in total. The minimum Gasteiger partial charge on any atom is -0.399 e. The second-order valence-corrected chi connectivity index (χ2v) is 7.22. The van der Waals surface area contributed by atoms with Crippen molar-refractivity contribution in [1.82, 2.24) is 0 Å². The highest BCUT2D eigenvalue weighted by Crippen LogP contribution is 2.24. The van der Waals surface area contributed by atoms with Crippen molar-refractivity contribution in [2.45, 2.75) is 18.7 Å². The lowest BCUT2D eigenvalue weighted by atomic mass is 10.2. The number of aryl methyl sites for hydroxylation is 1. The van der Waals surface area contributed by atoms with Crippen LogP contribution in [0.15, 0.2) is 23.1 Å². The molecule has 0 amide bonds. The zero-order chi connectivity index (χ0) is 12.2. The summed E-state index contributed by atoms with van der Waals surface area (Å²) in [6, 6.07) is 5.67. The smallest absolute Gasteiger partial charge is 0.150 e. The Morgan fingerprint density at radius 2 is 2.06 bits per heavy atom. The van der Waals surface area contributed by atoms with Gasteiger partial charge in [0.2, 0.25) is 0 Å². The highest BCUT2D eigenvalue weighted by Gasteiger charge is 2.07. The van der Waals surface area contributed by atoms with Gasteiger partial charge in [0, 0.05) is 22.1 Å². The molecule has 0 aromatic heterocycles. The van der Waals surface area contributed by atoms with Crippen LogP contribution in [0.25, 0.3) is 0 Å². The van der Waals surface area contributed by atoms with Crippen LogP contribution < -0.4 is 5.73 Å². The Morgan fingerprint density at radius 1 is 1.38 bits per heavy atom. The average molecular weight is 259 g/mol. The van der Waals surface area contributed by atoms with E-state index in [1.807, 2.05) is 25.1 Å². The van der Waals surface area contributed by atoms with Crippen LogP contribution in [0.1, 0.15) is 12.5 Å². The highest BCUT2D eigenvalue weighted by molar-refractivity contribution is 8.00. The number of rotatable bonds is 5. The standard InChI is InChI=1S/C11H17NO2S2/c1-3-16(13,14)7-6-15-11-5-4-10(12)8-9(11)2/h4-5,8H,3,6-7,12H2,1-2H3. The van der Waals surface area contributed by atoms with E-state index in [1.54, 1.807) is 18.7 Å². The van der Waals surface area contributed by atoms with Crippen molar-refractivity contribution in [1.29, 1.82) is 0 Å². The zero-order valence-electron chi connectivity index (χ0n) is 9.56. The Hall–Kier alpha value is -0.680. The van der Waals surface area contributed by atoms with Gasteiger partial charge in [0.15, 0.2) is 9.84 Å². The third-order valence-electron chi connectivity index (χ3n) is 2.29. The fourth-order valence-electron chi connectivity index (χ4n) is 1.26. The first-order chi connectivity index (χ1) is 7.44. The molecule has 0 spiro atoms. The van der Waals surface area contributed by atoms with E-state index in [0.717, 1.165) is 16.1 Å². The Kier molecular flexibility index (Phi) is 4.68. The molecule has 0 saturated heterocycles. The molecule has 0 unspecified atom stereocenters. The number of nitrogens with two attached hydrogens (primary N) is 1. The van der Waals surface area contributed by atoms with Gasteiger partial charge in [-0.2, -0.15) is 0 Å². The van der Waals surface area contributed by atoms with Crippen LogP contribution >= 0.6 is 11.8 Å². The van der Waals surface area contributed by atoms with Gasteiger partial charge in [0.05, 0.1) is 5.75 Å². The summed E-state index contributed by atoms with van der Waals surface area (Å²) in [6.07, 6.45) is 0. The third kappa shape index (κ3) is 4.06. The van der Waals surface area contributed by atoms with Gasteiger partial charge in [-0.25, -0.2) is 8.42 Å². The SMILES string of the molecule is CCS(=O)(=O)CCSc1ccc(N)cc1C. The summed E-state index contributed by atoms with van der Waals surface area (Å²) < 4.78 is 22.6. The quantitative estimate of drug-likeness (QED) is 0.650. The molecular formula is C11H17NO2S2. The number of hydrogen-bond acceptors (Lipinski definition) is 4. The van der Waals surface area contributed by atoms with E-state index in [0.29, 0.717) is 5.75 Å². The molecule has 0 bridgehead atoms. The maximum absolute atomic E-state index is 11.3. The normalized spacial score (nSPS) is 11.6. The molecule has 0 heterocycles. The number of benzene rings is 1. The van der Waals surface area contributed by atoms with Crippen LogP contribution in [0.3, 0.4) is 0 Å². The summed E-state index contributed by atoms with van der Waals surface area (Å²) in [7, 11) is -2.86. The molecule has 0 saturated carbocycles. The van der Waals surface area contributed by atoms with Crippen LogP contribution in [0, 0.1) is 6.92 Å². The zero-order valence-corrected chi connectivity index (χ0v) is 11.2. The summed E-state index contributed by atoms with van der Waals surface area (Å²) in [5, 5.41) is 0. The lowest BCUT2D eigenvalue weighted by Gasteiger charge is -2.06. The van der Waals surface area contributed by atoms with E-state index < -0.39 is 9.84 Å². The Labute approximate surface area is 101 Å². The van der Waals surface area contributed by atoms with Gasteiger partial charge >= 0.3 is 0 Å². The van der Waals surface area contributed by atoms with E-state index in [9.17, 15) is 8.42 Å². The Bertz CT molecular complexity index is 455. The van der Waals surface area contributed by atoms with Crippen molar-refractivity contribution in [3.8, 4) is 0 Å². The number of thioether (sulfide) groups is 1.